The van der Waals surface area contributed by atoms with Crippen LogP contribution in [0, 0.1) is 0 Å². The summed E-state index contributed by atoms with van der Waals surface area (Å²) in [5.41, 5.74) is 25.1. The molecule has 6 aliphatic rings. The zero-order valence-electron chi connectivity index (χ0n) is 34.1. The zero-order chi connectivity index (χ0) is 40.1. The summed E-state index contributed by atoms with van der Waals surface area (Å²) in [6, 6.07) is 62.1. The molecule has 13 rings (SSSR count). The summed E-state index contributed by atoms with van der Waals surface area (Å²) < 4.78 is 0. The van der Waals surface area contributed by atoms with Crippen LogP contribution in [0.2, 0.25) is 0 Å². The van der Waals surface area contributed by atoms with Crippen molar-refractivity contribution in [2.45, 2.75) is 43.6 Å². The molecule has 1 spiro atoms. The molecule has 2 atom stereocenters. The van der Waals surface area contributed by atoms with Gasteiger partial charge in [-0.05, 0) is 153 Å². The van der Waals surface area contributed by atoms with Gasteiger partial charge in [-0.25, -0.2) is 0 Å². The molecule has 0 amide bonds. The van der Waals surface area contributed by atoms with E-state index in [1.807, 2.05) is 0 Å². The van der Waals surface area contributed by atoms with Gasteiger partial charge in [-0.2, -0.15) is 0 Å². The monoisotopic (exact) mass is 780 g/mol. The van der Waals surface area contributed by atoms with Gasteiger partial charge < -0.3 is 9.80 Å². The molecule has 0 saturated carbocycles. The molecule has 0 radical (unpaired) electrons. The first-order valence-corrected chi connectivity index (χ1v) is 22.1. The SMILES string of the molecule is C1=CC2=C(CC1)N(c1ccc(N(c3ccc(-c4ccccc4)cc3)c3ccc4c(c3)C3(C5=C(C=CCC5)c5ccccc53)c3ccccc3-4)cc1)C1CC=Cc3cccc2c31. The smallest absolute Gasteiger partial charge is 0.0689 e. The van der Waals surface area contributed by atoms with E-state index >= 15 is 0 Å². The van der Waals surface area contributed by atoms with Crippen LogP contribution < -0.4 is 9.80 Å². The van der Waals surface area contributed by atoms with E-state index in [4.69, 9.17) is 0 Å². The molecule has 0 aromatic heterocycles. The number of fused-ring (bicyclic) bond motifs is 10. The standard InChI is InChI=1S/C59H44N2/c1-2-14-39(15-3-1)40-28-30-42(31-29-40)60(43-32-34-44(35-33-43)61-56-26-11-7-21-50(56)51-22-12-16-41-17-13-27-57(61)58(41)51)45-36-37-49-48-20-6-10-25-54(48)59(55(49)38-45)52-23-8-4-18-46(52)47-19-5-9-24-53(47)59/h1-8,10,12-23,25,28-38,57H,9,11,24,26-27H2. The Morgan fingerprint density at radius 2 is 1.11 bits per heavy atom. The van der Waals surface area contributed by atoms with Gasteiger partial charge in [-0.1, -0.05) is 152 Å². The lowest BCUT2D eigenvalue weighted by Gasteiger charge is -2.44. The molecule has 0 N–H and O–H groups in total. The van der Waals surface area contributed by atoms with E-state index in [0.717, 1.165) is 43.5 Å². The fourth-order valence-electron chi connectivity index (χ4n) is 11.9. The van der Waals surface area contributed by atoms with Gasteiger partial charge in [0.25, 0.3) is 0 Å². The molecule has 1 heterocycles. The van der Waals surface area contributed by atoms with Gasteiger partial charge in [-0.15, -0.1) is 0 Å². The Morgan fingerprint density at radius 1 is 0.475 bits per heavy atom. The summed E-state index contributed by atoms with van der Waals surface area (Å²) in [5.74, 6) is 0. The van der Waals surface area contributed by atoms with E-state index in [-0.39, 0.29) is 11.5 Å². The lowest BCUT2D eigenvalue weighted by atomic mass is 9.68. The first kappa shape index (κ1) is 34.7. The fourth-order valence-corrected chi connectivity index (χ4v) is 11.9. The van der Waals surface area contributed by atoms with Crippen molar-refractivity contribution < 1.29 is 0 Å². The predicted octanol–water partition coefficient (Wildman–Crippen LogP) is 15.3. The third-order valence-corrected chi connectivity index (χ3v) is 14.3. The Hall–Kier alpha value is -7.16. The van der Waals surface area contributed by atoms with E-state index in [1.54, 1.807) is 0 Å². The van der Waals surface area contributed by atoms with Crippen molar-refractivity contribution in [2.75, 3.05) is 9.80 Å². The summed E-state index contributed by atoms with van der Waals surface area (Å²) in [5, 5.41) is 0. The number of hydrogen-bond acceptors (Lipinski definition) is 2. The van der Waals surface area contributed by atoms with Crippen LogP contribution in [0.5, 0.6) is 0 Å². The molecule has 290 valence electrons. The molecule has 61 heavy (non-hydrogen) atoms. The third kappa shape index (κ3) is 4.97. The number of nitrogens with zero attached hydrogens (tertiary/aromatic N) is 2. The Kier molecular flexibility index (Phi) is 7.63. The highest BCUT2D eigenvalue weighted by Crippen LogP contribution is 2.64. The highest BCUT2D eigenvalue weighted by Gasteiger charge is 2.52. The van der Waals surface area contributed by atoms with E-state index in [2.05, 4.69) is 210 Å². The van der Waals surface area contributed by atoms with Crippen LogP contribution in [-0.4, -0.2) is 0 Å². The van der Waals surface area contributed by atoms with Crippen LogP contribution in [0.15, 0.2) is 205 Å². The lowest BCUT2D eigenvalue weighted by molar-refractivity contribution is 0.644. The number of benzene rings is 7. The van der Waals surface area contributed by atoms with Crippen LogP contribution in [-0.2, 0) is 5.41 Å². The quantitative estimate of drug-likeness (QED) is 0.172. The number of rotatable bonds is 5. The van der Waals surface area contributed by atoms with E-state index in [9.17, 15) is 0 Å². The maximum atomic E-state index is 2.66. The molecule has 0 saturated heterocycles. The highest BCUT2D eigenvalue weighted by atomic mass is 15.2. The van der Waals surface area contributed by atoms with Gasteiger partial charge in [-0.3, -0.25) is 0 Å². The van der Waals surface area contributed by atoms with Crippen molar-refractivity contribution in [1.82, 2.24) is 0 Å². The Morgan fingerprint density at radius 3 is 1.93 bits per heavy atom. The van der Waals surface area contributed by atoms with Gasteiger partial charge in [0, 0.05) is 34.0 Å². The summed E-state index contributed by atoms with van der Waals surface area (Å²) >= 11 is 0. The normalized spacial score (nSPS) is 19.7. The molecular weight excluding hydrogens is 737 g/mol. The van der Waals surface area contributed by atoms with Crippen LogP contribution in [0.25, 0.3) is 39.5 Å². The predicted molar refractivity (Wildman–Crippen MR) is 254 cm³/mol. The fraction of sp³-hybridized carbons (Fsp3) is 0.119. The van der Waals surface area contributed by atoms with Gasteiger partial charge in [0.15, 0.2) is 0 Å². The summed E-state index contributed by atoms with van der Waals surface area (Å²) in [6.45, 7) is 0. The molecule has 5 aliphatic carbocycles. The third-order valence-electron chi connectivity index (χ3n) is 14.3. The zero-order valence-corrected chi connectivity index (χ0v) is 34.1. The first-order chi connectivity index (χ1) is 30.3. The Labute approximate surface area is 358 Å². The second-order valence-corrected chi connectivity index (χ2v) is 17.3. The lowest BCUT2D eigenvalue weighted by Crippen LogP contribution is -2.34. The molecule has 0 bridgehead atoms. The van der Waals surface area contributed by atoms with Crippen molar-refractivity contribution in [3.8, 4) is 22.3 Å². The minimum Gasteiger partial charge on any atom is -0.337 e. The topological polar surface area (TPSA) is 6.48 Å². The summed E-state index contributed by atoms with van der Waals surface area (Å²) in [7, 11) is 0. The molecule has 7 aromatic rings. The Bertz CT molecular complexity index is 3100. The van der Waals surface area contributed by atoms with Crippen molar-refractivity contribution in [3.05, 3.63) is 244 Å². The number of anilines is 4. The Balaban J connectivity index is 0.981. The maximum Gasteiger partial charge on any atom is 0.0689 e. The number of hydrogen-bond donors (Lipinski definition) is 0. The van der Waals surface area contributed by atoms with Gasteiger partial charge in [0.05, 0.1) is 11.5 Å². The second kappa shape index (κ2) is 13.4. The molecule has 1 aliphatic heterocycles. The van der Waals surface area contributed by atoms with Crippen molar-refractivity contribution in [2.24, 2.45) is 0 Å². The summed E-state index contributed by atoms with van der Waals surface area (Å²) in [6.07, 6.45) is 19.4. The van der Waals surface area contributed by atoms with Crippen LogP contribution >= 0.6 is 0 Å². The largest absolute Gasteiger partial charge is 0.337 e. The summed E-state index contributed by atoms with van der Waals surface area (Å²) in [4.78, 5) is 5.14. The van der Waals surface area contributed by atoms with E-state index in [1.165, 1.54) is 95.0 Å². The first-order valence-electron chi connectivity index (χ1n) is 22.1. The van der Waals surface area contributed by atoms with Crippen LogP contribution in [0.4, 0.5) is 22.7 Å². The minimum atomic E-state index is -0.330. The van der Waals surface area contributed by atoms with Crippen molar-refractivity contribution in [1.29, 1.82) is 0 Å². The number of allylic oxidation sites excluding steroid dienone is 8. The molecule has 7 aromatic carbocycles. The maximum absolute atomic E-state index is 2.66. The molecule has 2 heteroatoms. The molecular formula is C59H44N2. The van der Waals surface area contributed by atoms with Crippen molar-refractivity contribution >= 4 is 40.0 Å². The molecule has 2 nitrogen and oxygen atoms in total. The minimum absolute atomic E-state index is 0.284. The second-order valence-electron chi connectivity index (χ2n) is 17.3. The van der Waals surface area contributed by atoms with Crippen LogP contribution in [0.1, 0.15) is 77.1 Å². The van der Waals surface area contributed by atoms with E-state index < -0.39 is 0 Å². The van der Waals surface area contributed by atoms with Gasteiger partial charge >= 0.3 is 0 Å². The van der Waals surface area contributed by atoms with Gasteiger partial charge in [0.1, 0.15) is 0 Å². The van der Waals surface area contributed by atoms with E-state index in [0.29, 0.717) is 0 Å². The highest BCUT2D eigenvalue weighted by molar-refractivity contribution is 5.98. The molecule has 2 unspecified atom stereocenters. The average molecular weight is 781 g/mol. The average Bonchev–Trinajstić information content (AvgIpc) is 3.80. The van der Waals surface area contributed by atoms with Gasteiger partial charge in [0.2, 0.25) is 0 Å². The van der Waals surface area contributed by atoms with Crippen molar-refractivity contribution in [3.63, 3.8) is 0 Å². The molecule has 0 fully saturated rings. The van der Waals surface area contributed by atoms with Crippen LogP contribution in [0.3, 0.4) is 0 Å².